The van der Waals surface area contributed by atoms with Gasteiger partial charge < -0.3 is 50.2 Å². The van der Waals surface area contributed by atoms with E-state index in [1.54, 1.807) is 0 Å². The SMILES string of the molecule is O=P(O)(O)[C@@]1(O)[C@@H](O)[C@H](O)[C@@H](O)[C@@H](O)[C@@]1(O)P(=O)(O)O. The van der Waals surface area contributed by atoms with Gasteiger partial charge in [-0.3, -0.25) is 9.13 Å². The molecule has 0 amide bonds. The zero-order valence-electron chi connectivity index (χ0n) is 9.49. The van der Waals surface area contributed by atoms with Crippen molar-refractivity contribution in [3.63, 3.8) is 0 Å². The lowest BCUT2D eigenvalue weighted by Gasteiger charge is -2.53. The first-order chi connectivity index (χ1) is 8.64. The van der Waals surface area contributed by atoms with Crippen molar-refractivity contribution in [1.82, 2.24) is 0 Å². The molecule has 0 heterocycles. The van der Waals surface area contributed by atoms with Crippen molar-refractivity contribution in [2.45, 2.75) is 35.1 Å². The number of hydrogen-bond donors (Lipinski definition) is 10. The maximum atomic E-state index is 11.3. The first-order valence-electron chi connectivity index (χ1n) is 4.92. The second kappa shape index (κ2) is 4.78. The molecule has 0 unspecified atom stereocenters. The van der Waals surface area contributed by atoms with Crippen molar-refractivity contribution < 1.29 is 59.3 Å². The quantitative estimate of drug-likeness (QED) is 0.213. The van der Waals surface area contributed by atoms with Crippen LogP contribution in [0.15, 0.2) is 0 Å². The van der Waals surface area contributed by atoms with E-state index in [2.05, 4.69) is 0 Å². The molecule has 1 rings (SSSR count). The molecular weight excluding hydrogens is 326 g/mol. The molecule has 14 heteroatoms. The largest absolute Gasteiger partial charge is 0.387 e. The molecule has 20 heavy (non-hydrogen) atoms. The summed E-state index contributed by atoms with van der Waals surface area (Å²) in [7, 11) is -12.2. The molecule has 6 atom stereocenters. The van der Waals surface area contributed by atoms with Gasteiger partial charge >= 0.3 is 15.2 Å². The Bertz CT molecular complexity index is 438. The molecule has 12 nitrogen and oxygen atoms in total. The second-order valence-electron chi connectivity index (χ2n) is 4.41. The summed E-state index contributed by atoms with van der Waals surface area (Å²) in [6, 6.07) is 0. The van der Waals surface area contributed by atoms with E-state index in [0.29, 0.717) is 0 Å². The summed E-state index contributed by atoms with van der Waals surface area (Å²) in [5.74, 6) is 0. The summed E-state index contributed by atoms with van der Waals surface area (Å²) in [5.41, 5.74) is 0. The van der Waals surface area contributed by atoms with Gasteiger partial charge in [-0.1, -0.05) is 0 Å². The van der Waals surface area contributed by atoms with Crippen molar-refractivity contribution in [3.8, 4) is 0 Å². The van der Waals surface area contributed by atoms with Crippen molar-refractivity contribution in [3.05, 3.63) is 0 Å². The molecule has 0 saturated heterocycles. The third-order valence-corrected chi connectivity index (χ3v) is 6.42. The normalized spacial score (nSPS) is 47.3. The average Bonchev–Trinajstić information content (AvgIpc) is 2.28. The first-order valence-corrected chi connectivity index (χ1v) is 8.14. The molecule has 1 aliphatic rings. The predicted molar refractivity (Wildman–Crippen MR) is 58.0 cm³/mol. The van der Waals surface area contributed by atoms with Crippen LogP contribution in [-0.2, 0) is 9.13 Å². The average molecular weight is 340 g/mol. The highest BCUT2D eigenvalue weighted by Gasteiger charge is 2.80. The maximum Gasteiger partial charge on any atom is 0.363 e. The molecule has 1 aliphatic carbocycles. The summed E-state index contributed by atoms with van der Waals surface area (Å²) in [5, 5.41) is 48.5. The zero-order valence-corrected chi connectivity index (χ0v) is 11.3. The maximum absolute atomic E-state index is 11.3. The van der Waals surface area contributed by atoms with Gasteiger partial charge in [-0.15, -0.1) is 0 Å². The summed E-state index contributed by atoms with van der Waals surface area (Å²) >= 11 is 0. The van der Waals surface area contributed by atoms with Crippen LogP contribution in [0.3, 0.4) is 0 Å². The van der Waals surface area contributed by atoms with Crippen LogP contribution in [0.4, 0.5) is 0 Å². The van der Waals surface area contributed by atoms with E-state index in [4.69, 9.17) is 19.6 Å². The van der Waals surface area contributed by atoms with Gasteiger partial charge in [0.1, 0.15) is 24.4 Å². The van der Waals surface area contributed by atoms with Crippen LogP contribution in [0.1, 0.15) is 0 Å². The standard InChI is InChI=1S/C6H14O12P2/c7-1-2(8)4(10)6(12,20(16,17)18)5(11,3(1)9)19(13,14)15/h1-4,7-12H,(H2,13,14,15)(H2,16,17,18)/t1-,2-,3-,4+,5-,6+/m1/s1. The fourth-order valence-electron chi connectivity index (χ4n) is 2.06. The Morgan fingerprint density at radius 1 is 0.650 bits per heavy atom. The fourth-order valence-corrected chi connectivity index (χ4v) is 4.96. The monoisotopic (exact) mass is 340 g/mol. The smallest absolute Gasteiger partial charge is 0.363 e. The highest BCUT2D eigenvalue weighted by Crippen LogP contribution is 2.69. The molecule has 120 valence electrons. The van der Waals surface area contributed by atoms with Gasteiger partial charge in [0.05, 0.1) is 0 Å². The molecule has 0 aliphatic heterocycles. The van der Waals surface area contributed by atoms with Crippen LogP contribution < -0.4 is 0 Å². The van der Waals surface area contributed by atoms with Crippen LogP contribution in [-0.4, -0.2) is 85.3 Å². The van der Waals surface area contributed by atoms with Gasteiger partial charge in [0.25, 0.3) is 0 Å². The Morgan fingerprint density at radius 2 is 0.850 bits per heavy atom. The lowest BCUT2D eigenvalue weighted by molar-refractivity contribution is -0.264. The minimum absolute atomic E-state index is 2.59. The molecule has 0 radical (unpaired) electrons. The molecule has 0 aromatic heterocycles. The van der Waals surface area contributed by atoms with Gasteiger partial charge in [0, 0.05) is 0 Å². The zero-order chi connectivity index (χ0) is 16.3. The molecule has 0 bridgehead atoms. The van der Waals surface area contributed by atoms with E-state index in [-0.39, 0.29) is 0 Å². The van der Waals surface area contributed by atoms with Crippen LogP contribution in [0.2, 0.25) is 0 Å². The van der Waals surface area contributed by atoms with Crippen molar-refractivity contribution in [1.29, 1.82) is 0 Å². The predicted octanol–water partition coefficient (Wildman–Crippen LogP) is -4.82. The Kier molecular flexibility index (Phi) is 4.33. The van der Waals surface area contributed by atoms with Gasteiger partial charge in [-0.2, -0.15) is 0 Å². The van der Waals surface area contributed by atoms with Crippen LogP contribution in [0, 0.1) is 0 Å². The second-order valence-corrected chi connectivity index (χ2v) is 7.95. The van der Waals surface area contributed by atoms with Gasteiger partial charge in [0.2, 0.25) is 10.7 Å². The first kappa shape index (κ1) is 18.1. The van der Waals surface area contributed by atoms with Gasteiger partial charge in [-0.05, 0) is 0 Å². The molecule has 1 fully saturated rings. The van der Waals surface area contributed by atoms with Crippen LogP contribution >= 0.6 is 15.2 Å². The van der Waals surface area contributed by atoms with Crippen molar-refractivity contribution in [2.24, 2.45) is 0 Å². The number of aliphatic hydroxyl groups is 6. The minimum atomic E-state index is -6.10. The number of aliphatic hydroxyl groups excluding tert-OH is 4. The molecular formula is C6H14O12P2. The fraction of sp³-hybridized carbons (Fsp3) is 1.00. The Hall–Kier alpha value is 0.0600. The van der Waals surface area contributed by atoms with E-state index >= 15 is 0 Å². The summed E-state index contributed by atoms with van der Waals surface area (Å²) < 4.78 is 22.5. The van der Waals surface area contributed by atoms with E-state index < -0.39 is 50.3 Å². The Balaban J connectivity index is 3.74. The van der Waals surface area contributed by atoms with E-state index in [1.165, 1.54) is 0 Å². The van der Waals surface area contributed by atoms with E-state index in [0.717, 1.165) is 0 Å². The van der Waals surface area contributed by atoms with Crippen LogP contribution in [0.5, 0.6) is 0 Å². The number of rotatable bonds is 2. The third-order valence-electron chi connectivity index (χ3n) is 3.25. The topological polar surface area (TPSA) is 236 Å². The van der Waals surface area contributed by atoms with E-state index in [1.807, 2.05) is 0 Å². The minimum Gasteiger partial charge on any atom is -0.387 e. The summed E-state index contributed by atoms with van der Waals surface area (Å²) in [6.45, 7) is 0. The lowest BCUT2D eigenvalue weighted by atomic mass is 9.83. The molecule has 0 aromatic carbocycles. The molecule has 0 spiro atoms. The third kappa shape index (κ3) is 2.02. The van der Waals surface area contributed by atoms with Gasteiger partial charge in [-0.25, -0.2) is 0 Å². The highest BCUT2D eigenvalue weighted by atomic mass is 31.2. The molecule has 10 N–H and O–H groups in total. The molecule has 1 saturated carbocycles. The van der Waals surface area contributed by atoms with Gasteiger partial charge in [0.15, 0.2) is 0 Å². The summed E-state index contributed by atoms with van der Waals surface area (Å²) in [6.07, 6.45) is -11.3. The molecule has 0 aromatic rings. The van der Waals surface area contributed by atoms with E-state index in [9.17, 15) is 39.8 Å². The highest BCUT2D eigenvalue weighted by molar-refractivity contribution is 7.58. The Morgan fingerprint density at radius 3 is 1.00 bits per heavy atom. The lowest BCUT2D eigenvalue weighted by Crippen LogP contribution is -2.76. The van der Waals surface area contributed by atoms with Crippen molar-refractivity contribution >= 4 is 15.2 Å². The van der Waals surface area contributed by atoms with Crippen molar-refractivity contribution in [2.75, 3.05) is 0 Å². The number of hydrogen-bond acceptors (Lipinski definition) is 8. The Labute approximate surface area is 110 Å². The van der Waals surface area contributed by atoms with Crippen LogP contribution in [0.25, 0.3) is 0 Å². The summed E-state index contributed by atoms with van der Waals surface area (Å²) in [4.78, 5) is 35.9.